The van der Waals surface area contributed by atoms with Crippen LogP contribution in [-0.4, -0.2) is 24.1 Å². The largest absolute Gasteiger partial charge is 0.476 e. The number of methoxy groups -OCH3 is 1. The molecular weight excluding hydrogens is 158 g/mol. The number of rotatable bonds is 0. The van der Waals surface area contributed by atoms with Crippen LogP contribution < -0.4 is 0 Å². The standard InChI is InChI=1S/C8H13NOS/c1-10-8-9-7-4-2-3-6(7)5-11-8/h6-7H,2-5H2,1H3. The molecule has 0 amide bonds. The molecule has 2 rings (SSSR count). The van der Waals surface area contributed by atoms with Gasteiger partial charge in [0.25, 0.3) is 0 Å². The van der Waals surface area contributed by atoms with Gasteiger partial charge in [-0.2, -0.15) is 0 Å². The van der Waals surface area contributed by atoms with Gasteiger partial charge in [-0.25, -0.2) is 4.99 Å². The molecule has 62 valence electrons. The quantitative estimate of drug-likeness (QED) is 0.555. The lowest BCUT2D eigenvalue weighted by molar-refractivity contribution is 0.401. The second kappa shape index (κ2) is 3.05. The van der Waals surface area contributed by atoms with E-state index in [1.165, 1.54) is 25.0 Å². The highest BCUT2D eigenvalue weighted by atomic mass is 32.2. The van der Waals surface area contributed by atoms with Gasteiger partial charge < -0.3 is 4.74 Å². The lowest BCUT2D eigenvalue weighted by Crippen LogP contribution is -2.22. The van der Waals surface area contributed by atoms with Gasteiger partial charge in [-0.1, -0.05) is 18.2 Å². The zero-order chi connectivity index (χ0) is 7.68. The first kappa shape index (κ1) is 7.47. The monoisotopic (exact) mass is 171 g/mol. The topological polar surface area (TPSA) is 21.6 Å². The van der Waals surface area contributed by atoms with Gasteiger partial charge in [0.05, 0.1) is 13.2 Å². The summed E-state index contributed by atoms with van der Waals surface area (Å²) in [5.74, 6) is 2.07. The SMILES string of the molecule is COC1=NC2CCCC2CS1. The molecule has 0 aromatic carbocycles. The van der Waals surface area contributed by atoms with E-state index in [2.05, 4.69) is 4.99 Å². The highest BCUT2D eigenvalue weighted by Gasteiger charge is 2.31. The number of hydrogen-bond acceptors (Lipinski definition) is 3. The average Bonchev–Trinajstić information content (AvgIpc) is 2.50. The van der Waals surface area contributed by atoms with Crippen molar-refractivity contribution >= 4 is 17.0 Å². The minimum atomic E-state index is 0.589. The molecule has 0 N–H and O–H groups in total. The highest BCUT2D eigenvalue weighted by Crippen LogP contribution is 2.35. The van der Waals surface area contributed by atoms with E-state index < -0.39 is 0 Å². The third kappa shape index (κ3) is 1.39. The first-order valence-corrected chi connectivity index (χ1v) is 5.13. The molecular formula is C8H13NOS. The summed E-state index contributed by atoms with van der Waals surface area (Å²) in [5, 5.41) is 0.896. The highest BCUT2D eigenvalue weighted by molar-refractivity contribution is 8.13. The lowest BCUT2D eigenvalue weighted by atomic mass is 10.1. The van der Waals surface area contributed by atoms with E-state index in [1.54, 1.807) is 18.9 Å². The molecule has 3 heteroatoms. The maximum Gasteiger partial charge on any atom is 0.245 e. The summed E-state index contributed by atoms with van der Waals surface area (Å²) >= 11 is 1.77. The van der Waals surface area contributed by atoms with Crippen LogP contribution >= 0.6 is 11.8 Å². The predicted octanol–water partition coefficient (Wildman–Crippen LogP) is 1.90. The van der Waals surface area contributed by atoms with Gasteiger partial charge in [0.2, 0.25) is 5.23 Å². The lowest BCUT2D eigenvalue weighted by Gasteiger charge is -2.21. The van der Waals surface area contributed by atoms with Gasteiger partial charge in [0.1, 0.15) is 0 Å². The molecule has 0 spiro atoms. The Bertz CT molecular complexity index is 181. The molecule has 0 radical (unpaired) electrons. The van der Waals surface area contributed by atoms with Crippen LogP contribution in [0.3, 0.4) is 0 Å². The van der Waals surface area contributed by atoms with Crippen LogP contribution in [0.4, 0.5) is 0 Å². The van der Waals surface area contributed by atoms with Crippen LogP contribution in [-0.2, 0) is 4.74 Å². The second-order valence-electron chi connectivity index (χ2n) is 3.17. The zero-order valence-electron chi connectivity index (χ0n) is 6.75. The van der Waals surface area contributed by atoms with E-state index in [-0.39, 0.29) is 0 Å². The van der Waals surface area contributed by atoms with E-state index in [1.807, 2.05) is 0 Å². The average molecular weight is 171 g/mol. The second-order valence-corrected chi connectivity index (χ2v) is 4.14. The van der Waals surface area contributed by atoms with Crippen LogP contribution in [0, 0.1) is 5.92 Å². The molecule has 1 heterocycles. The molecule has 0 bridgehead atoms. The zero-order valence-corrected chi connectivity index (χ0v) is 7.56. The van der Waals surface area contributed by atoms with Crippen LogP contribution in [0.1, 0.15) is 19.3 Å². The predicted molar refractivity (Wildman–Crippen MR) is 48.0 cm³/mol. The summed E-state index contributed by atoms with van der Waals surface area (Å²) in [5.41, 5.74) is 0. The number of thioether (sulfide) groups is 1. The minimum Gasteiger partial charge on any atom is -0.476 e. The molecule has 11 heavy (non-hydrogen) atoms. The summed E-state index contributed by atoms with van der Waals surface area (Å²) in [6.07, 6.45) is 4.01. The fraction of sp³-hybridized carbons (Fsp3) is 0.875. The van der Waals surface area contributed by atoms with Gasteiger partial charge in [0, 0.05) is 5.75 Å². The number of ether oxygens (including phenoxy) is 1. The van der Waals surface area contributed by atoms with Crippen LogP contribution in [0.2, 0.25) is 0 Å². The minimum absolute atomic E-state index is 0.589. The maximum absolute atomic E-state index is 5.11. The van der Waals surface area contributed by atoms with Crippen molar-refractivity contribution in [2.24, 2.45) is 10.9 Å². The normalized spacial score (nSPS) is 36.3. The van der Waals surface area contributed by atoms with Gasteiger partial charge >= 0.3 is 0 Å². The van der Waals surface area contributed by atoms with Crippen LogP contribution in [0.15, 0.2) is 4.99 Å². The van der Waals surface area contributed by atoms with Crippen molar-refractivity contribution in [2.45, 2.75) is 25.3 Å². The Morgan fingerprint density at radius 3 is 3.27 bits per heavy atom. The summed E-state index contributed by atoms with van der Waals surface area (Å²) < 4.78 is 5.11. The van der Waals surface area contributed by atoms with Gasteiger partial charge in [-0.3, -0.25) is 0 Å². The molecule has 1 saturated carbocycles. The Labute approximate surface area is 71.4 Å². The summed E-state index contributed by atoms with van der Waals surface area (Å²) in [6, 6.07) is 0.589. The molecule has 1 fully saturated rings. The van der Waals surface area contributed by atoms with Crippen molar-refractivity contribution in [3.05, 3.63) is 0 Å². The number of aliphatic imine (C=N–C) groups is 1. The third-order valence-electron chi connectivity index (χ3n) is 2.49. The summed E-state index contributed by atoms with van der Waals surface area (Å²) in [4.78, 5) is 4.52. The fourth-order valence-corrected chi connectivity index (χ4v) is 2.92. The fourth-order valence-electron chi connectivity index (χ4n) is 1.84. The Morgan fingerprint density at radius 2 is 2.45 bits per heavy atom. The molecule has 2 atom stereocenters. The molecule has 2 nitrogen and oxygen atoms in total. The van der Waals surface area contributed by atoms with Crippen molar-refractivity contribution in [1.82, 2.24) is 0 Å². The first-order chi connectivity index (χ1) is 5.40. The van der Waals surface area contributed by atoms with Gasteiger partial charge in [0.15, 0.2) is 0 Å². The van der Waals surface area contributed by atoms with Gasteiger partial charge in [-0.05, 0) is 18.8 Å². The van der Waals surface area contributed by atoms with Crippen molar-refractivity contribution < 1.29 is 4.74 Å². The van der Waals surface area contributed by atoms with Crippen LogP contribution in [0.25, 0.3) is 0 Å². The van der Waals surface area contributed by atoms with Gasteiger partial charge in [-0.15, -0.1) is 0 Å². The van der Waals surface area contributed by atoms with E-state index in [0.717, 1.165) is 11.1 Å². The van der Waals surface area contributed by atoms with Crippen LogP contribution in [0.5, 0.6) is 0 Å². The Kier molecular flexibility index (Phi) is 2.07. The number of fused-ring (bicyclic) bond motifs is 1. The smallest absolute Gasteiger partial charge is 0.245 e. The molecule has 1 aliphatic carbocycles. The van der Waals surface area contributed by atoms with Crippen molar-refractivity contribution in [1.29, 1.82) is 0 Å². The Morgan fingerprint density at radius 1 is 1.55 bits per heavy atom. The number of nitrogens with zero attached hydrogens (tertiary/aromatic N) is 1. The Hall–Kier alpha value is -0.180. The molecule has 0 saturated heterocycles. The van der Waals surface area contributed by atoms with E-state index >= 15 is 0 Å². The molecule has 0 aromatic rings. The van der Waals surface area contributed by atoms with E-state index in [9.17, 15) is 0 Å². The van der Waals surface area contributed by atoms with E-state index in [0.29, 0.717) is 6.04 Å². The third-order valence-corrected chi connectivity index (χ3v) is 3.60. The Balaban J connectivity index is 2.08. The van der Waals surface area contributed by atoms with Crippen molar-refractivity contribution in [3.8, 4) is 0 Å². The van der Waals surface area contributed by atoms with E-state index in [4.69, 9.17) is 4.74 Å². The summed E-state index contributed by atoms with van der Waals surface area (Å²) in [7, 11) is 1.71. The summed E-state index contributed by atoms with van der Waals surface area (Å²) in [6.45, 7) is 0. The number of hydrogen-bond donors (Lipinski definition) is 0. The van der Waals surface area contributed by atoms with Crippen molar-refractivity contribution in [2.75, 3.05) is 12.9 Å². The molecule has 1 aliphatic heterocycles. The maximum atomic E-state index is 5.11. The first-order valence-electron chi connectivity index (χ1n) is 4.15. The van der Waals surface area contributed by atoms with Crippen molar-refractivity contribution in [3.63, 3.8) is 0 Å². The molecule has 0 aromatic heterocycles. The molecule has 2 aliphatic rings. The molecule has 2 unspecified atom stereocenters.